The summed E-state index contributed by atoms with van der Waals surface area (Å²) in [6.07, 6.45) is 0. The average molecular weight is 386 g/mol. The maximum atomic E-state index is 12.0. The molecule has 0 aliphatic rings. The van der Waals surface area contributed by atoms with Crippen LogP contribution in [0.1, 0.15) is 20.7 Å². The van der Waals surface area contributed by atoms with E-state index in [0.29, 0.717) is 11.3 Å². The van der Waals surface area contributed by atoms with E-state index >= 15 is 0 Å². The Kier molecular flexibility index (Phi) is 6.27. The third-order valence-electron chi connectivity index (χ3n) is 3.62. The fraction of sp³-hybridized carbons (Fsp3) is 0.167. The van der Waals surface area contributed by atoms with Gasteiger partial charge >= 0.3 is 5.97 Å². The van der Waals surface area contributed by atoms with Crippen molar-refractivity contribution in [1.29, 1.82) is 0 Å². The van der Waals surface area contributed by atoms with Crippen LogP contribution >= 0.6 is 0 Å². The summed E-state index contributed by atoms with van der Waals surface area (Å²) in [7, 11) is 3.26. The first-order chi connectivity index (χ1) is 13.2. The molecule has 0 aliphatic heterocycles. The van der Waals surface area contributed by atoms with Crippen molar-refractivity contribution in [3.8, 4) is 0 Å². The van der Waals surface area contributed by atoms with E-state index in [1.54, 1.807) is 38.4 Å². The van der Waals surface area contributed by atoms with Crippen molar-refractivity contribution in [3.63, 3.8) is 0 Å². The predicted molar refractivity (Wildman–Crippen MR) is 101 cm³/mol. The molecular weight excluding hydrogens is 368 g/mol. The first-order valence-corrected chi connectivity index (χ1v) is 8.01. The quantitative estimate of drug-likeness (QED) is 0.332. The number of nitrogens with two attached hydrogens (primary N) is 1. The lowest BCUT2D eigenvalue weighted by Crippen LogP contribution is -2.22. The van der Waals surface area contributed by atoms with E-state index < -0.39 is 23.4 Å². The molecule has 0 aliphatic carbocycles. The highest BCUT2D eigenvalue weighted by Gasteiger charge is 2.17. The molecule has 0 radical (unpaired) electrons. The SMILES string of the molecule is CN(C)C(=O)c1ccc(NC(=O)COC(=O)c2ccc([N+](=O)[O-])cc2N)cc1. The number of nitrogen functional groups attached to an aromatic ring is 1. The highest BCUT2D eigenvalue weighted by atomic mass is 16.6. The average Bonchev–Trinajstić information content (AvgIpc) is 2.65. The Bertz CT molecular complexity index is 924. The summed E-state index contributed by atoms with van der Waals surface area (Å²) < 4.78 is 4.88. The largest absolute Gasteiger partial charge is 0.452 e. The lowest BCUT2D eigenvalue weighted by atomic mass is 10.1. The second-order valence-corrected chi connectivity index (χ2v) is 5.93. The van der Waals surface area contributed by atoms with E-state index in [4.69, 9.17) is 10.5 Å². The molecular formula is C18H18N4O6. The zero-order valence-electron chi connectivity index (χ0n) is 15.2. The minimum Gasteiger partial charge on any atom is -0.452 e. The topological polar surface area (TPSA) is 145 Å². The maximum Gasteiger partial charge on any atom is 0.340 e. The van der Waals surface area contributed by atoms with Gasteiger partial charge in [0.15, 0.2) is 6.61 Å². The van der Waals surface area contributed by atoms with Crippen LogP contribution < -0.4 is 11.1 Å². The van der Waals surface area contributed by atoms with Gasteiger partial charge < -0.3 is 20.7 Å². The molecule has 0 saturated heterocycles. The normalized spacial score (nSPS) is 10.1. The number of esters is 1. The van der Waals surface area contributed by atoms with Crippen LogP contribution in [0.5, 0.6) is 0 Å². The van der Waals surface area contributed by atoms with Crippen molar-refractivity contribution >= 4 is 34.8 Å². The summed E-state index contributed by atoms with van der Waals surface area (Å²) in [6.45, 7) is -0.576. The van der Waals surface area contributed by atoms with Crippen LogP contribution in [-0.2, 0) is 9.53 Å². The first-order valence-electron chi connectivity index (χ1n) is 8.01. The van der Waals surface area contributed by atoms with E-state index in [1.165, 1.54) is 4.90 Å². The second kappa shape index (κ2) is 8.62. The molecule has 2 aromatic carbocycles. The van der Waals surface area contributed by atoms with Crippen LogP contribution in [0.4, 0.5) is 17.1 Å². The summed E-state index contributed by atoms with van der Waals surface area (Å²) >= 11 is 0. The molecule has 10 nitrogen and oxygen atoms in total. The van der Waals surface area contributed by atoms with Gasteiger partial charge in [0.05, 0.1) is 16.2 Å². The highest BCUT2D eigenvalue weighted by molar-refractivity contribution is 5.99. The van der Waals surface area contributed by atoms with Gasteiger partial charge in [-0.3, -0.25) is 19.7 Å². The molecule has 2 rings (SSSR count). The summed E-state index contributed by atoms with van der Waals surface area (Å²) in [5, 5.41) is 13.2. The highest BCUT2D eigenvalue weighted by Crippen LogP contribution is 2.20. The van der Waals surface area contributed by atoms with E-state index in [0.717, 1.165) is 18.2 Å². The summed E-state index contributed by atoms with van der Waals surface area (Å²) in [5.74, 6) is -1.65. The van der Waals surface area contributed by atoms with Crippen molar-refractivity contribution in [2.24, 2.45) is 0 Å². The number of amides is 2. The number of benzene rings is 2. The number of nitrogens with zero attached hydrogens (tertiary/aromatic N) is 2. The van der Waals surface area contributed by atoms with Crippen LogP contribution in [0.15, 0.2) is 42.5 Å². The van der Waals surface area contributed by atoms with Gasteiger partial charge in [0.2, 0.25) is 0 Å². The molecule has 2 aromatic rings. The Morgan fingerprint density at radius 2 is 1.79 bits per heavy atom. The lowest BCUT2D eigenvalue weighted by Gasteiger charge is -2.11. The Hall–Kier alpha value is -3.95. The number of carbonyl (C=O) groups excluding carboxylic acids is 3. The van der Waals surface area contributed by atoms with Gasteiger partial charge in [0, 0.05) is 37.5 Å². The number of nitrogens with one attached hydrogen (secondary N) is 1. The maximum absolute atomic E-state index is 12.0. The predicted octanol–water partition coefficient (Wildman–Crippen LogP) is 1.67. The third kappa shape index (κ3) is 5.04. The van der Waals surface area contributed by atoms with E-state index in [2.05, 4.69) is 5.32 Å². The lowest BCUT2D eigenvalue weighted by molar-refractivity contribution is -0.384. The number of nitro groups is 1. The fourth-order valence-electron chi connectivity index (χ4n) is 2.21. The van der Waals surface area contributed by atoms with Gasteiger partial charge in [0.25, 0.3) is 17.5 Å². The molecule has 10 heteroatoms. The minimum atomic E-state index is -0.880. The van der Waals surface area contributed by atoms with Crippen LogP contribution in [0.25, 0.3) is 0 Å². The number of hydrogen-bond acceptors (Lipinski definition) is 7. The number of ether oxygens (including phenoxy) is 1. The first kappa shape index (κ1) is 20.4. The van der Waals surface area contributed by atoms with Gasteiger partial charge in [-0.05, 0) is 30.3 Å². The van der Waals surface area contributed by atoms with Gasteiger partial charge in [-0.1, -0.05) is 0 Å². The monoisotopic (exact) mass is 386 g/mol. The van der Waals surface area contributed by atoms with Gasteiger partial charge in [-0.25, -0.2) is 4.79 Å². The molecule has 0 heterocycles. The molecule has 3 N–H and O–H groups in total. The smallest absolute Gasteiger partial charge is 0.340 e. The fourth-order valence-corrected chi connectivity index (χ4v) is 2.21. The van der Waals surface area contributed by atoms with E-state index in [-0.39, 0.29) is 22.8 Å². The summed E-state index contributed by atoms with van der Waals surface area (Å²) in [5.41, 5.74) is 6.03. The number of rotatable bonds is 6. The zero-order chi connectivity index (χ0) is 20.8. The second-order valence-electron chi connectivity index (χ2n) is 5.93. The van der Waals surface area contributed by atoms with Crippen molar-refractivity contribution in [2.45, 2.75) is 0 Å². The Morgan fingerprint density at radius 1 is 1.14 bits per heavy atom. The molecule has 28 heavy (non-hydrogen) atoms. The molecule has 2 amide bonds. The summed E-state index contributed by atoms with van der Waals surface area (Å²) in [4.78, 5) is 47.2. The zero-order valence-corrected chi connectivity index (χ0v) is 15.2. The molecule has 0 unspecified atom stereocenters. The number of hydrogen-bond donors (Lipinski definition) is 2. The van der Waals surface area contributed by atoms with Gasteiger partial charge in [-0.2, -0.15) is 0 Å². The number of anilines is 2. The molecule has 0 bridgehead atoms. The van der Waals surface area contributed by atoms with Gasteiger partial charge in [0.1, 0.15) is 0 Å². The molecule has 0 aromatic heterocycles. The van der Waals surface area contributed by atoms with Gasteiger partial charge in [-0.15, -0.1) is 0 Å². The Labute approximate surface area is 160 Å². The number of nitro benzene ring substituents is 1. The molecule has 0 saturated carbocycles. The van der Waals surface area contributed by atoms with Crippen LogP contribution in [0, 0.1) is 10.1 Å². The number of carbonyl (C=O) groups is 3. The van der Waals surface area contributed by atoms with Crippen molar-refractivity contribution in [3.05, 3.63) is 63.7 Å². The molecule has 0 fully saturated rings. The minimum absolute atomic E-state index is 0.0787. The van der Waals surface area contributed by atoms with Crippen LogP contribution in [0.3, 0.4) is 0 Å². The summed E-state index contributed by atoms with van der Waals surface area (Å²) in [6, 6.07) is 9.52. The van der Waals surface area contributed by atoms with Crippen LogP contribution in [-0.4, -0.2) is 48.3 Å². The van der Waals surface area contributed by atoms with Crippen molar-refractivity contribution in [2.75, 3.05) is 31.8 Å². The Morgan fingerprint density at radius 3 is 2.32 bits per heavy atom. The molecule has 0 spiro atoms. The van der Waals surface area contributed by atoms with Crippen molar-refractivity contribution in [1.82, 2.24) is 4.90 Å². The third-order valence-corrected chi connectivity index (χ3v) is 3.62. The van der Waals surface area contributed by atoms with Crippen LogP contribution in [0.2, 0.25) is 0 Å². The Balaban J connectivity index is 1.92. The number of non-ortho nitro benzene ring substituents is 1. The van der Waals surface area contributed by atoms with E-state index in [1.807, 2.05) is 0 Å². The molecule has 146 valence electrons. The van der Waals surface area contributed by atoms with E-state index in [9.17, 15) is 24.5 Å². The molecule has 0 atom stereocenters. The standard InChI is InChI=1S/C18H18N4O6/c1-21(2)17(24)11-3-5-12(6-4-11)20-16(23)10-28-18(25)14-8-7-13(22(26)27)9-15(14)19/h3-9H,10,19H2,1-2H3,(H,20,23). The van der Waals surface area contributed by atoms with Crippen molar-refractivity contribution < 1.29 is 24.0 Å².